The van der Waals surface area contributed by atoms with Crippen molar-refractivity contribution in [3.05, 3.63) is 50.1 Å². The third-order valence-corrected chi connectivity index (χ3v) is 3.31. The molecule has 0 N–H and O–H groups in total. The number of aryl methyl sites for hydroxylation is 1. The Bertz CT molecular complexity index is 616. The monoisotopic (exact) mass is 271 g/mol. The van der Waals surface area contributed by atoms with Crippen LogP contribution in [0.1, 0.15) is 11.4 Å². The van der Waals surface area contributed by atoms with Gasteiger partial charge in [-0.05, 0) is 24.6 Å². The van der Waals surface area contributed by atoms with E-state index in [0.29, 0.717) is 22.4 Å². The summed E-state index contributed by atoms with van der Waals surface area (Å²) in [6.07, 6.45) is 0. The van der Waals surface area contributed by atoms with E-state index in [9.17, 15) is 4.79 Å². The van der Waals surface area contributed by atoms with Crippen LogP contribution in [0.4, 0.5) is 0 Å². The molecule has 1 heterocycles. The average Bonchev–Trinajstić information content (AvgIpc) is 2.52. The lowest BCUT2D eigenvalue weighted by Crippen LogP contribution is -2.23. The van der Waals surface area contributed by atoms with Crippen molar-refractivity contribution in [2.24, 2.45) is 7.05 Å². The van der Waals surface area contributed by atoms with Gasteiger partial charge in [0.2, 0.25) is 0 Å². The number of hydrogen-bond donors (Lipinski definition) is 0. The Morgan fingerprint density at radius 3 is 2.53 bits per heavy atom. The quantitative estimate of drug-likeness (QED) is 0.841. The summed E-state index contributed by atoms with van der Waals surface area (Å²) in [6.45, 7) is 2.17. The highest BCUT2D eigenvalue weighted by Crippen LogP contribution is 2.22. The zero-order valence-corrected chi connectivity index (χ0v) is 11.0. The van der Waals surface area contributed by atoms with Gasteiger partial charge in [0.1, 0.15) is 5.82 Å². The molecule has 90 valence electrons. The minimum Gasteiger partial charge on any atom is -0.282 e. The van der Waals surface area contributed by atoms with Gasteiger partial charge < -0.3 is 0 Å². The summed E-state index contributed by atoms with van der Waals surface area (Å²) in [4.78, 5) is 11.8. The maximum absolute atomic E-state index is 11.8. The first kappa shape index (κ1) is 12.2. The number of benzene rings is 1. The number of hydrogen-bond acceptors (Lipinski definition) is 2. The van der Waals surface area contributed by atoms with E-state index in [4.69, 9.17) is 23.2 Å². The Labute approximate surface area is 108 Å². The molecule has 17 heavy (non-hydrogen) atoms. The van der Waals surface area contributed by atoms with Crippen LogP contribution in [-0.2, 0) is 13.6 Å². The molecule has 1 aromatic carbocycles. The lowest BCUT2D eigenvalue weighted by molar-refractivity contribution is 0.646. The largest absolute Gasteiger partial charge is 0.345 e. The zero-order valence-electron chi connectivity index (χ0n) is 9.44. The Kier molecular flexibility index (Phi) is 3.26. The molecule has 1 aromatic heterocycles. The standard InChI is InChI=1S/C11H11Cl2N3O/c1-7-14-16(11(17)15(7)2)6-8-3-4-9(12)10(13)5-8/h3-5H,6H2,1-2H3. The van der Waals surface area contributed by atoms with E-state index in [-0.39, 0.29) is 5.69 Å². The fraction of sp³-hybridized carbons (Fsp3) is 0.273. The van der Waals surface area contributed by atoms with Crippen molar-refractivity contribution >= 4 is 23.2 Å². The van der Waals surface area contributed by atoms with Gasteiger partial charge in [-0.15, -0.1) is 0 Å². The van der Waals surface area contributed by atoms with Crippen LogP contribution in [0.15, 0.2) is 23.0 Å². The van der Waals surface area contributed by atoms with E-state index in [0.717, 1.165) is 5.56 Å². The molecule has 0 amide bonds. The van der Waals surface area contributed by atoms with Crippen LogP contribution >= 0.6 is 23.2 Å². The second-order valence-electron chi connectivity index (χ2n) is 3.79. The topological polar surface area (TPSA) is 39.8 Å². The maximum atomic E-state index is 11.8. The second kappa shape index (κ2) is 4.55. The number of nitrogens with zero attached hydrogens (tertiary/aromatic N) is 3. The molecular formula is C11H11Cl2N3O. The SMILES string of the molecule is Cc1nn(Cc2ccc(Cl)c(Cl)c2)c(=O)n1C. The summed E-state index contributed by atoms with van der Waals surface area (Å²) in [5, 5.41) is 5.12. The molecule has 0 aliphatic rings. The van der Waals surface area contributed by atoms with E-state index in [1.54, 1.807) is 26.1 Å². The van der Waals surface area contributed by atoms with Crippen molar-refractivity contribution < 1.29 is 0 Å². The summed E-state index contributed by atoms with van der Waals surface area (Å²) < 4.78 is 2.90. The predicted octanol–water partition coefficient (Wildman–Crippen LogP) is 2.25. The summed E-state index contributed by atoms with van der Waals surface area (Å²) in [5.41, 5.74) is 0.744. The Hall–Kier alpha value is -1.26. The number of aromatic nitrogens is 3. The molecule has 0 fully saturated rings. The highest BCUT2D eigenvalue weighted by molar-refractivity contribution is 6.42. The molecule has 0 spiro atoms. The fourth-order valence-corrected chi connectivity index (χ4v) is 1.83. The van der Waals surface area contributed by atoms with Gasteiger partial charge in [-0.3, -0.25) is 4.57 Å². The van der Waals surface area contributed by atoms with Gasteiger partial charge in [0, 0.05) is 7.05 Å². The van der Waals surface area contributed by atoms with Crippen molar-refractivity contribution in [1.82, 2.24) is 14.3 Å². The lowest BCUT2D eigenvalue weighted by atomic mass is 10.2. The second-order valence-corrected chi connectivity index (χ2v) is 4.61. The van der Waals surface area contributed by atoms with Crippen LogP contribution in [0.5, 0.6) is 0 Å². The van der Waals surface area contributed by atoms with E-state index in [1.807, 2.05) is 6.07 Å². The van der Waals surface area contributed by atoms with Gasteiger partial charge in [-0.1, -0.05) is 29.3 Å². The molecule has 0 bridgehead atoms. The fourth-order valence-electron chi connectivity index (χ4n) is 1.51. The summed E-state index contributed by atoms with van der Waals surface area (Å²) in [6, 6.07) is 5.27. The molecule has 0 aliphatic heterocycles. The first-order valence-electron chi connectivity index (χ1n) is 5.03. The molecular weight excluding hydrogens is 261 g/mol. The predicted molar refractivity (Wildman–Crippen MR) is 67.8 cm³/mol. The first-order valence-corrected chi connectivity index (χ1v) is 5.79. The molecule has 6 heteroatoms. The number of halogens is 2. The van der Waals surface area contributed by atoms with Gasteiger partial charge in [-0.2, -0.15) is 5.10 Å². The lowest BCUT2D eigenvalue weighted by Gasteiger charge is -2.02. The van der Waals surface area contributed by atoms with E-state index in [1.165, 1.54) is 9.25 Å². The average molecular weight is 272 g/mol. The number of rotatable bonds is 2. The summed E-state index contributed by atoms with van der Waals surface area (Å²) in [7, 11) is 1.69. The van der Waals surface area contributed by atoms with E-state index < -0.39 is 0 Å². The summed E-state index contributed by atoms with van der Waals surface area (Å²) >= 11 is 11.7. The van der Waals surface area contributed by atoms with Gasteiger partial charge in [0.05, 0.1) is 16.6 Å². The molecule has 2 rings (SSSR count). The first-order chi connectivity index (χ1) is 7.99. The molecule has 4 nitrogen and oxygen atoms in total. The molecule has 2 aromatic rings. The maximum Gasteiger partial charge on any atom is 0.345 e. The molecule has 0 atom stereocenters. The Morgan fingerprint density at radius 1 is 1.29 bits per heavy atom. The molecule has 0 saturated heterocycles. The van der Waals surface area contributed by atoms with Gasteiger partial charge in [-0.25, -0.2) is 9.48 Å². The highest BCUT2D eigenvalue weighted by atomic mass is 35.5. The van der Waals surface area contributed by atoms with Crippen LogP contribution in [0.25, 0.3) is 0 Å². The molecule has 0 aliphatic carbocycles. The highest BCUT2D eigenvalue weighted by Gasteiger charge is 2.07. The molecule has 0 radical (unpaired) electrons. The third-order valence-electron chi connectivity index (χ3n) is 2.57. The minimum atomic E-state index is -0.145. The van der Waals surface area contributed by atoms with E-state index >= 15 is 0 Å². The Morgan fingerprint density at radius 2 is 2.00 bits per heavy atom. The van der Waals surface area contributed by atoms with Crippen molar-refractivity contribution in [2.45, 2.75) is 13.5 Å². The van der Waals surface area contributed by atoms with Gasteiger partial charge in [0.25, 0.3) is 0 Å². The van der Waals surface area contributed by atoms with Crippen LogP contribution in [0.2, 0.25) is 10.0 Å². The smallest absolute Gasteiger partial charge is 0.282 e. The van der Waals surface area contributed by atoms with Crippen LogP contribution in [-0.4, -0.2) is 14.3 Å². The van der Waals surface area contributed by atoms with Crippen molar-refractivity contribution in [3.8, 4) is 0 Å². The third kappa shape index (κ3) is 2.37. The minimum absolute atomic E-state index is 0.145. The normalized spacial score (nSPS) is 10.8. The summed E-state index contributed by atoms with van der Waals surface area (Å²) in [5.74, 6) is 0.676. The van der Waals surface area contributed by atoms with Crippen LogP contribution < -0.4 is 5.69 Å². The Balaban J connectivity index is 2.35. The zero-order chi connectivity index (χ0) is 12.6. The van der Waals surface area contributed by atoms with E-state index in [2.05, 4.69) is 5.10 Å². The van der Waals surface area contributed by atoms with Crippen molar-refractivity contribution in [2.75, 3.05) is 0 Å². The van der Waals surface area contributed by atoms with Crippen molar-refractivity contribution in [1.29, 1.82) is 0 Å². The molecule has 0 saturated carbocycles. The van der Waals surface area contributed by atoms with Gasteiger partial charge >= 0.3 is 5.69 Å². The van der Waals surface area contributed by atoms with Crippen molar-refractivity contribution in [3.63, 3.8) is 0 Å². The van der Waals surface area contributed by atoms with Crippen LogP contribution in [0.3, 0.4) is 0 Å². The molecule has 0 unspecified atom stereocenters. The van der Waals surface area contributed by atoms with Gasteiger partial charge in [0.15, 0.2) is 0 Å². The van der Waals surface area contributed by atoms with Crippen LogP contribution in [0, 0.1) is 6.92 Å².